The highest BCUT2D eigenvalue weighted by Gasteiger charge is 2.27. The number of nitrogens with two attached hydrogens (primary N) is 1. The summed E-state index contributed by atoms with van der Waals surface area (Å²) in [6.07, 6.45) is 0.956. The molecule has 5 heteroatoms. The molecule has 0 aromatic rings. The molecule has 0 aliphatic carbocycles. The van der Waals surface area contributed by atoms with Crippen molar-refractivity contribution in [3.8, 4) is 0 Å². The minimum atomic E-state index is -2.76. The van der Waals surface area contributed by atoms with E-state index in [-0.39, 0.29) is 0 Å². The smallest absolute Gasteiger partial charge is 0.152 e. The van der Waals surface area contributed by atoms with Crippen LogP contribution in [0.25, 0.3) is 0 Å². The van der Waals surface area contributed by atoms with Gasteiger partial charge in [0, 0.05) is 19.1 Å². The highest BCUT2D eigenvalue weighted by molar-refractivity contribution is 7.91. The summed E-state index contributed by atoms with van der Waals surface area (Å²) < 4.78 is 22.6. The van der Waals surface area contributed by atoms with E-state index in [1.54, 1.807) is 0 Å². The Kier molecular flexibility index (Phi) is 4.55. The van der Waals surface area contributed by atoms with E-state index in [1.165, 1.54) is 0 Å². The van der Waals surface area contributed by atoms with Crippen molar-refractivity contribution in [2.45, 2.75) is 26.3 Å². The van der Waals surface area contributed by atoms with E-state index in [0.29, 0.717) is 43.1 Å². The highest BCUT2D eigenvalue weighted by Crippen LogP contribution is 2.17. The Balaban J connectivity index is 2.56. The van der Waals surface area contributed by atoms with Crippen molar-refractivity contribution in [3.05, 3.63) is 0 Å². The lowest BCUT2D eigenvalue weighted by molar-refractivity contribution is 0.160. The maximum Gasteiger partial charge on any atom is 0.152 e. The Morgan fingerprint density at radius 2 is 1.80 bits per heavy atom. The molecule has 1 heterocycles. The third-order valence-electron chi connectivity index (χ3n) is 3.08. The molecule has 0 aromatic heterocycles. The molecule has 1 rings (SSSR count). The van der Waals surface area contributed by atoms with E-state index >= 15 is 0 Å². The van der Waals surface area contributed by atoms with Gasteiger partial charge in [-0.2, -0.15) is 0 Å². The molecule has 1 aliphatic rings. The number of rotatable bonds is 4. The molecule has 90 valence electrons. The van der Waals surface area contributed by atoms with Crippen molar-refractivity contribution in [1.29, 1.82) is 0 Å². The molecule has 1 fully saturated rings. The second-order valence-corrected chi connectivity index (χ2v) is 6.88. The number of hydrogen-bond acceptors (Lipinski definition) is 4. The predicted octanol–water partition coefficient (Wildman–Crippen LogP) is 0.0902. The van der Waals surface area contributed by atoms with Crippen molar-refractivity contribution in [3.63, 3.8) is 0 Å². The molecule has 1 aliphatic heterocycles. The van der Waals surface area contributed by atoms with Crippen molar-refractivity contribution in [2.24, 2.45) is 11.7 Å². The highest BCUT2D eigenvalue weighted by atomic mass is 32.2. The van der Waals surface area contributed by atoms with Crippen LogP contribution >= 0.6 is 0 Å². The third-order valence-corrected chi connectivity index (χ3v) is 4.69. The molecular formula is C10H22N2O2S. The Bertz CT molecular complexity index is 274. The maximum atomic E-state index is 11.3. The van der Waals surface area contributed by atoms with Crippen LogP contribution in [0.5, 0.6) is 0 Å². The molecule has 15 heavy (non-hydrogen) atoms. The quantitative estimate of drug-likeness (QED) is 0.749. The first-order valence-electron chi connectivity index (χ1n) is 5.61. The molecular weight excluding hydrogens is 212 g/mol. The normalized spacial score (nSPS) is 24.3. The lowest BCUT2D eigenvalue weighted by Crippen LogP contribution is -2.48. The number of hydrogen-bond donors (Lipinski definition) is 1. The summed E-state index contributed by atoms with van der Waals surface area (Å²) in [7, 11) is -2.76. The topological polar surface area (TPSA) is 63.4 Å². The van der Waals surface area contributed by atoms with Crippen molar-refractivity contribution in [2.75, 3.05) is 31.1 Å². The average molecular weight is 234 g/mol. The monoisotopic (exact) mass is 234 g/mol. The average Bonchev–Trinajstić information content (AvgIpc) is 2.14. The third kappa shape index (κ3) is 3.74. The fourth-order valence-corrected chi connectivity index (χ4v) is 3.40. The summed E-state index contributed by atoms with van der Waals surface area (Å²) in [5.74, 6) is 1.15. The van der Waals surface area contributed by atoms with Crippen LogP contribution in [0, 0.1) is 5.92 Å². The van der Waals surface area contributed by atoms with E-state index in [9.17, 15) is 8.42 Å². The van der Waals surface area contributed by atoms with Crippen LogP contribution < -0.4 is 5.73 Å². The van der Waals surface area contributed by atoms with Crippen LogP contribution in [0.1, 0.15) is 20.3 Å². The van der Waals surface area contributed by atoms with Crippen LogP contribution in [0.15, 0.2) is 0 Å². The molecule has 0 spiro atoms. The van der Waals surface area contributed by atoms with Gasteiger partial charge in [-0.3, -0.25) is 4.90 Å². The van der Waals surface area contributed by atoms with Gasteiger partial charge in [-0.15, -0.1) is 0 Å². The molecule has 1 atom stereocenters. The molecule has 1 unspecified atom stereocenters. The molecule has 0 aromatic carbocycles. The Morgan fingerprint density at radius 1 is 1.27 bits per heavy atom. The maximum absolute atomic E-state index is 11.3. The number of sulfone groups is 1. The van der Waals surface area contributed by atoms with Gasteiger partial charge in [0.2, 0.25) is 0 Å². The van der Waals surface area contributed by atoms with Gasteiger partial charge < -0.3 is 5.73 Å². The Morgan fingerprint density at radius 3 is 2.20 bits per heavy atom. The van der Waals surface area contributed by atoms with Crippen LogP contribution in [-0.4, -0.2) is 50.5 Å². The van der Waals surface area contributed by atoms with Gasteiger partial charge in [-0.05, 0) is 18.9 Å². The summed E-state index contributed by atoms with van der Waals surface area (Å²) in [4.78, 5) is 2.28. The van der Waals surface area contributed by atoms with E-state index in [4.69, 9.17) is 5.73 Å². The fourth-order valence-electron chi connectivity index (χ4n) is 2.17. The van der Waals surface area contributed by atoms with Crippen molar-refractivity contribution >= 4 is 9.84 Å². The zero-order valence-electron chi connectivity index (χ0n) is 9.65. The SMILES string of the molecule is CC(C)C(CCN)N1CCS(=O)(=O)CC1. The van der Waals surface area contributed by atoms with Crippen LogP contribution in [0.4, 0.5) is 0 Å². The van der Waals surface area contributed by atoms with E-state index in [1.807, 2.05) is 0 Å². The molecule has 0 amide bonds. The Hall–Kier alpha value is -0.130. The molecule has 2 N–H and O–H groups in total. The second kappa shape index (κ2) is 5.27. The molecule has 4 nitrogen and oxygen atoms in total. The lowest BCUT2D eigenvalue weighted by atomic mass is 9.99. The van der Waals surface area contributed by atoms with E-state index in [2.05, 4.69) is 18.7 Å². The van der Waals surface area contributed by atoms with Crippen molar-refractivity contribution in [1.82, 2.24) is 4.90 Å². The van der Waals surface area contributed by atoms with E-state index < -0.39 is 9.84 Å². The predicted molar refractivity (Wildman–Crippen MR) is 62.5 cm³/mol. The fraction of sp³-hybridized carbons (Fsp3) is 1.00. The van der Waals surface area contributed by atoms with Gasteiger partial charge in [0.1, 0.15) is 0 Å². The summed E-state index contributed by atoms with van der Waals surface area (Å²) in [5.41, 5.74) is 5.58. The molecule has 1 saturated heterocycles. The van der Waals surface area contributed by atoms with Gasteiger partial charge in [-0.25, -0.2) is 8.42 Å². The zero-order chi connectivity index (χ0) is 11.5. The molecule has 0 saturated carbocycles. The van der Waals surface area contributed by atoms with Gasteiger partial charge in [0.15, 0.2) is 9.84 Å². The second-order valence-electron chi connectivity index (χ2n) is 4.58. The van der Waals surface area contributed by atoms with Gasteiger partial charge in [-0.1, -0.05) is 13.8 Å². The minimum Gasteiger partial charge on any atom is -0.330 e. The summed E-state index contributed by atoms with van der Waals surface area (Å²) in [6, 6.07) is 0.436. The summed E-state index contributed by atoms with van der Waals surface area (Å²) in [5, 5.41) is 0. The van der Waals surface area contributed by atoms with Gasteiger partial charge in [0.25, 0.3) is 0 Å². The Labute approximate surface area is 92.7 Å². The lowest BCUT2D eigenvalue weighted by Gasteiger charge is -2.36. The molecule has 0 radical (unpaired) electrons. The summed E-state index contributed by atoms with van der Waals surface area (Å²) >= 11 is 0. The van der Waals surface area contributed by atoms with Crippen LogP contribution in [0.3, 0.4) is 0 Å². The minimum absolute atomic E-state index is 0.306. The zero-order valence-corrected chi connectivity index (χ0v) is 10.5. The first-order valence-corrected chi connectivity index (χ1v) is 7.43. The summed E-state index contributed by atoms with van der Waals surface area (Å²) in [6.45, 7) is 6.36. The van der Waals surface area contributed by atoms with E-state index in [0.717, 1.165) is 6.42 Å². The van der Waals surface area contributed by atoms with Gasteiger partial charge in [0.05, 0.1) is 11.5 Å². The van der Waals surface area contributed by atoms with Crippen LogP contribution in [-0.2, 0) is 9.84 Å². The van der Waals surface area contributed by atoms with Gasteiger partial charge >= 0.3 is 0 Å². The number of nitrogens with zero attached hydrogens (tertiary/aromatic N) is 1. The molecule has 0 bridgehead atoms. The largest absolute Gasteiger partial charge is 0.330 e. The first kappa shape index (κ1) is 12.9. The van der Waals surface area contributed by atoms with Crippen LogP contribution in [0.2, 0.25) is 0 Å². The van der Waals surface area contributed by atoms with Crippen molar-refractivity contribution < 1.29 is 8.42 Å². The first-order chi connectivity index (χ1) is 6.96. The standard InChI is InChI=1S/C10H22N2O2S/c1-9(2)10(3-4-11)12-5-7-15(13,14)8-6-12/h9-10H,3-8,11H2,1-2H3.